The number of benzene rings is 1. The van der Waals surface area contributed by atoms with Crippen molar-refractivity contribution in [2.24, 2.45) is 0 Å². The molecule has 0 spiro atoms. The second-order valence-electron chi connectivity index (χ2n) is 5.21. The van der Waals surface area contributed by atoms with Crippen molar-refractivity contribution in [3.8, 4) is 0 Å². The third kappa shape index (κ3) is 7.20. The fourth-order valence-electron chi connectivity index (χ4n) is 2.33. The summed E-state index contributed by atoms with van der Waals surface area (Å²) >= 11 is 0. The first kappa shape index (κ1) is 14.3. The van der Waals surface area contributed by atoms with Crippen LogP contribution in [0.2, 0.25) is 0 Å². The van der Waals surface area contributed by atoms with Crippen LogP contribution in [0.3, 0.4) is 0 Å². The SMILES string of the molecule is CCCCCCCCCCc1cccc(C)c1. The van der Waals surface area contributed by atoms with Gasteiger partial charge in [-0.25, -0.2) is 0 Å². The Balaban J connectivity index is 1.97. The molecular formula is C17H28. The summed E-state index contributed by atoms with van der Waals surface area (Å²) in [5, 5.41) is 0. The van der Waals surface area contributed by atoms with E-state index in [0.717, 1.165) is 0 Å². The molecule has 0 saturated carbocycles. The molecule has 0 unspecified atom stereocenters. The van der Waals surface area contributed by atoms with Gasteiger partial charge >= 0.3 is 0 Å². The molecule has 0 radical (unpaired) electrons. The van der Waals surface area contributed by atoms with Crippen LogP contribution in [0.1, 0.15) is 69.4 Å². The zero-order valence-corrected chi connectivity index (χ0v) is 11.7. The van der Waals surface area contributed by atoms with E-state index in [9.17, 15) is 0 Å². The van der Waals surface area contributed by atoms with E-state index in [2.05, 4.69) is 38.1 Å². The van der Waals surface area contributed by atoms with E-state index in [1.165, 1.54) is 68.9 Å². The van der Waals surface area contributed by atoms with Crippen molar-refractivity contribution in [3.63, 3.8) is 0 Å². The van der Waals surface area contributed by atoms with Gasteiger partial charge in [0.1, 0.15) is 0 Å². The molecule has 0 heteroatoms. The largest absolute Gasteiger partial charge is 0.0654 e. The van der Waals surface area contributed by atoms with Crippen LogP contribution in [-0.4, -0.2) is 0 Å². The maximum absolute atomic E-state index is 2.32. The molecule has 0 nitrogen and oxygen atoms in total. The van der Waals surface area contributed by atoms with E-state index in [0.29, 0.717) is 0 Å². The van der Waals surface area contributed by atoms with Crippen molar-refractivity contribution < 1.29 is 0 Å². The van der Waals surface area contributed by atoms with Crippen molar-refractivity contribution in [2.45, 2.75) is 71.6 Å². The fourth-order valence-corrected chi connectivity index (χ4v) is 2.33. The highest BCUT2D eigenvalue weighted by molar-refractivity contribution is 5.22. The molecule has 1 rings (SSSR count). The average molecular weight is 232 g/mol. The van der Waals surface area contributed by atoms with Crippen LogP contribution in [0, 0.1) is 6.92 Å². The first-order valence-corrected chi connectivity index (χ1v) is 7.38. The van der Waals surface area contributed by atoms with Gasteiger partial charge in [0.05, 0.1) is 0 Å². The summed E-state index contributed by atoms with van der Waals surface area (Å²) < 4.78 is 0. The normalized spacial score (nSPS) is 10.7. The van der Waals surface area contributed by atoms with E-state index in [1.54, 1.807) is 0 Å². The molecule has 0 aromatic heterocycles. The fraction of sp³-hybridized carbons (Fsp3) is 0.647. The van der Waals surface area contributed by atoms with Crippen LogP contribution >= 0.6 is 0 Å². The highest BCUT2D eigenvalue weighted by Gasteiger charge is 1.94. The van der Waals surface area contributed by atoms with Gasteiger partial charge in [-0.15, -0.1) is 0 Å². The molecule has 0 N–H and O–H groups in total. The molecule has 0 amide bonds. The lowest BCUT2D eigenvalue weighted by Crippen LogP contribution is -1.87. The zero-order chi connectivity index (χ0) is 12.3. The zero-order valence-electron chi connectivity index (χ0n) is 11.7. The van der Waals surface area contributed by atoms with E-state index >= 15 is 0 Å². The molecule has 0 fully saturated rings. The van der Waals surface area contributed by atoms with Gasteiger partial charge < -0.3 is 0 Å². The van der Waals surface area contributed by atoms with E-state index in [1.807, 2.05) is 0 Å². The van der Waals surface area contributed by atoms with Crippen molar-refractivity contribution in [1.82, 2.24) is 0 Å². The van der Waals surface area contributed by atoms with E-state index in [-0.39, 0.29) is 0 Å². The Morgan fingerprint density at radius 3 is 2.12 bits per heavy atom. The lowest BCUT2D eigenvalue weighted by molar-refractivity contribution is 0.575. The summed E-state index contributed by atoms with van der Waals surface area (Å²) in [5.74, 6) is 0. The second-order valence-corrected chi connectivity index (χ2v) is 5.21. The van der Waals surface area contributed by atoms with Crippen LogP contribution in [0.25, 0.3) is 0 Å². The Bertz CT molecular complexity index is 288. The van der Waals surface area contributed by atoms with E-state index < -0.39 is 0 Å². The maximum Gasteiger partial charge on any atom is -0.0279 e. The average Bonchev–Trinajstić information content (AvgIpc) is 2.33. The molecule has 0 heterocycles. The predicted octanol–water partition coefficient (Wildman–Crippen LogP) is 5.68. The monoisotopic (exact) mass is 232 g/mol. The Kier molecular flexibility index (Phi) is 7.79. The minimum absolute atomic E-state index is 1.26. The van der Waals surface area contributed by atoms with Crippen molar-refractivity contribution in [2.75, 3.05) is 0 Å². The van der Waals surface area contributed by atoms with Crippen LogP contribution in [0.15, 0.2) is 24.3 Å². The van der Waals surface area contributed by atoms with E-state index in [4.69, 9.17) is 0 Å². The number of rotatable bonds is 9. The molecule has 17 heavy (non-hydrogen) atoms. The molecule has 0 aliphatic rings. The lowest BCUT2D eigenvalue weighted by atomic mass is 10.0. The number of aryl methyl sites for hydroxylation is 2. The summed E-state index contributed by atoms with van der Waals surface area (Å²) in [6.07, 6.45) is 12.5. The van der Waals surface area contributed by atoms with Gasteiger partial charge in [-0.3, -0.25) is 0 Å². The molecule has 1 aromatic carbocycles. The van der Waals surface area contributed by atoms with Gasteiger partial charge in [0, 0.05) is 0 Å². The minimum Gasteiger partial charge on any atom is -0.0654 e. The second kappa shape index (κ2) is 9.27. The molecular weight excluding hydrogens is 204 g/mol. The maximum atomic E-state index is 2.32. The number of hydrogen-bond acceptors (Lipinski definition) is 0. The number of hydrogen-bond donors (Lipinski definition) is 0. The van der Waals surface area contributed by atoms with Crippen molar-refractivity contribution in [1.29, 1.82) is 0 Å². The quantitative estimate of drug-likeness (QED) is 0.481. The smallest absolute Gasteiger partial charge is 0.0279 e. The minimum atomic E-state index is 1.26. The third-order valence-electron chi connectivity index (χ3n) is 3.40. The first-order chi connectivity index (χ1) is 8.33. The summed E-state index contributed by atoms with van der Waals surface area (Å²) in [6.45, 7) is 4.46. The highest BCUT2D eigenvalue weighted by Crippen LogP contribution is 2.12. The molecule has 0 bridgehead atoms. The van der Waals surface area contributed by atoms with Crippen LogP contribution in [-0.2, 0) is 6.42 Å². The topological polar surface area (TPSA) is 0 Å². The predicted molar refractivity (Wildman–Crippen MR) is 77.5 cm³/mol. The summed E-state index contributed by atoms with van der Waals surface area (Å²) in [4.78, 5) is 0. The van der Waals surface area contributed by atoms with Gasteiger partial charge in [0.2, 0.25) is 0 Å². The first-order valence-electron chi connectivity index (χ1n) is 7.38. The Morgan fingerprint density at radius 1 is 0.824 bits per heavy atom. The molecule has 0 saturated heterocycles. The van der Waals surface area contributed by atoms with Crippen LogP contribution in [0.5, 0.6) is 0 Å². The van der Waals surface area contributed by atoms with Gasteiger partial charge in [0.15, 0.2) is 0 Å². The third-order valence-corrected chi connectivity index (χ3v) is 3.40. The summed E-state index contributed by atoms with van der Waals surface area (Å²) in [5.41, 5.74) is 2.90. The van der Waals surface area contributed by atoms with Gasteiger partial charge in [-0.2, -0.15) is 0 Å². The van der Waals surface area contributed by atoms with Crippen LogP contribution in [0.4, 0.5) is 0 Å². The Labute approximate surface area is 107 Å². The summed E-state index contributed by atoms with van der Waals surface area (Å²) in [6, 6.07) is 8.93. The molecule has 1 aromatic rings. The molecule has 0 aliphatic heterocycles. The van der Waals surface area contributed by atoms with Gasteiger partial charge in [-0.1, -0.05) is 81.7 Å². The van der Waals surface area contributed by atoms with Gasteiger partial charge in [0.25, 0.3) is 0 Å². The standard InChI is InChI=1S/C17H28/c1-3-4-5-6-7-8-9-10-13-17-14-11-12-16(2)15-17/h11-12,14-15H,3-10,13H2,1-2H3. The lowest BCUT2D eigenvalue weighted by Gasteiger charge is -2.03. The molecule has 0 atom stereocenters. The highest BCUT2D eigenvalue weighted by atomic mass is 14.0. The number of unbranched alkanes of at least 4 members (excludes halogenated alkanes) is 7. The molecule has 96 valence electrons. The Hall–Kier alpha value is -0.780. The van der Waals surface area contributed by atoms with Gasteiger partial charge in [-0.05, 0) is 25.3 Å². The molecule has 0 aliphatic carbocycles. The van der Waals surface area contributed by atoms with Crippen LogP contribution < -0.4 is 0 Å². The Morgan fingerprint density at radius 2 is 1.47 bits per heavy atom. The van der Waals surface area contributed by atoms with Crippen molar-refractivity contribution >= 4 is 0 Å². The van der Waals surface area contributed by atoms with Crippen molar-refractivity contribution in [3.05, 3.63) is 35.4 Å². The summed E-state index contributed by atoms with van der Waals surface area (Å²) in [7, 11) is 0.